The van der Waals surface area contributed by atoms with E-state index in [1.165, 1.54) is 44.9 Å². The number of carbonyl (C=O) groups excluding carboxylic acids is 3. The number of unbranched alkanes of at least 4 members (excludes halogenated alkanes) is 18. The van der Waals surface area contributed by atoms with E-state index in [0.717, 1.165) is 128 Å². The minimum Gasteiger partial charge on any atom is -0.462 e. The van der Waals surface area contributed by atoms with Crippen molar-refractivity contribution in [1.29, 1.82) is 0 Å². The second-order valence-corrected chi connectivity index (χ2v) is 16.4. The Morgan fingerprint density at radius 3 is 1.17 bits per heavy atom. The molecule has 1 atom stereocenters. The molecule has 0 rings (SSSR count). The standard InChI is InChI=1S/C57H92O6/c1-4-7-10-13-16-19-22-24-26-27-28-29-31-32-35-38-41-44-47-50-56(59)62-53-54(52-61-55(58)49-46-43-40-37-34-21-18-15-12-9-6-3)63-57(60)51-48-45-42-39-36-33-30-25-23-20-17-14-11-8-5-2/h7-8,10-11,14-21,23-24,26,28-29,34,54H,4-6,9,12-13,22,25,27,30-33,35-53H2,1-3H3/b10-7-,11-8-,17-14-,18-15-,19-16-,23-20-,26-24-,29-28-,34-21-. The smallest absolute Gasteiger partial charge is 0.306 e. The molecular formula is C57H92O6. The van der Waals surface area contributed by atoms with Gasteiger partial charge >= 0.3 is 17.9 Å². The van der Waals surface area contributed by atoms with Gasteiger partial charge in [-0.2, -0.15) is 0 Å². The van der Waals surface area contributed by atoms with Crippen LogP contribution in [0.25, 0.3) is 0 Å². The van der Waals surface area contributed by atoms with Gasteiger partial charge in [-0.15, -0.1) is 0 Å². The van der Waals surface area contributed by atoms with Crippen molar-refractivity contribution < 1.29 is 28.6 Å². The number of allylic oxidation sites excluding steroid dienone is 18. The predicted octanol–water partition coefficient (Wildman–Crippen LogP) is 16.8. The summed E-state index contributed by atoms with van der Waals surface area (Å²) < 4.78 is 16.7. The molecule has 63 heavy (non-hydrogen) atoms. The van der Waals surface area contributed by atoms with Crippen LogP contribution >= 0.6 is 0 Å². The molecule has 0 radical (unpaired) electrons. The number of rotatable bonds is 44. The second-order valence-electron chi connectivity index (χ2n) is 16.4. The lowest BCUT2D eigenvalue weighted by atomic mass is 10.1. The Hall–Kier alpha value is -3.93. The van der Waals surface area contributed by atoms with Crippen molar-refractivity contribution in [1.82, 2.24) is 0 Å². The van der Waals surface area contributed by atoms with Crippen LogP contribution in [0.3, 0.4) is 0 Å². The van der Waals surface area contributed by atoms with E-state index in [9.17, 15) is 14.4 Å². The molecule has 6 heteroatoms. The van der Waals surface area contributed by atoms with Crippen molar-refractivity contribution in [2.24, 2.45) is 0 Å². The number of hydrogen-bond donors (Lipinski definition) is 0. The molecule has 0 aromatic carbocycles. The summed E-state index contributed by atoms with van der Waals surface area (Å²) in [7, 11) is 0. The van der Waals surface area contributed by atoms with Crippen LogP contribution in [-0.2, 0) is 28.6 Å². The third-order valence-corrected chi connectivity index (χ3v) is 10.3. The average Bonchev–Trinajstić information content (AvgIpc) is 3.28. The van der Waals surface area contributed by atoms with Crippen molar-refractivity contribution >= 4 is 17.9 Å². The van der Waals surface area contributed by atoms with Gasteiger partial charge in [-0.25, -0.2) is 0 Å². The van der Waals surface area contributed by atoms with Crippen molar-refractivity contribution in [2.45, 2.75) is 219 Å². The summed E-state index contributed by atoms with van der Waals surface area (Å²) in [4.78, 5) is 37.9. The summed E-state index contributed by atoms with van der Waals surface area (Å²) >= 11 is 0. The monoisotopic (exact) mass is 873 g/mol. The Bertz CT molecular complexity index is 1330. The highest BCUT2D eigenvalue weighted by molar-refractivity contribution is 5.71. The van der Waals surface area contributed by atoms with Crippen LogP contribution < -0.4 is 0 Å². The molecule has 0 aliphatic heterocycles. The first kappa shape index (κ1) is 59.1. The summed E-state index contributed by atoms with van der Waals surface area (Å²) in [5, 5.41) is 0. The Balaban J connectivity index is 4.44. The highest BCUT2D eigenvalue weighted by Gasteiger charge is 2.19. The van der Waals surface area contributed by atoms with Crippen LogP contribution in [0.5, 0.6) is 0 Å². The topological polar surface area (TPSA) is 78.9 Å². The SMILES string of the molecule is CC\C=C/C=C\C=C/CCCCCCCCCC(=O)OC(COC(=O)CCCCC/C=C\C=C/CCCC)COC(=O)CCCCCCCC/C=C\C/C=C\C/C=C\C/C=C\CC. The lowest BCUT2D eigenvalue weighted by Gasteiger charge is -2.18. The Kier molecular flexibility index (Phi) is 47.5. The fraction of sp³-hybridized carbons (Fsp3) is 0.632. The molecule has 0 spiro atoms. The highest BCUT2D eigenvalue weighted by Crippen LogP contribution is 2.13. The van der Waals surface area contributed by atoms with E-state index in [1.807, 2.05) is 0 Å². The molecule has 0 fully saturated rings. The van der Waals surface area contributed by atoms with E-state index >= 15 is 0 Å². The molecule has 0 aromatic heterocycles. The normalized spacial score (nSPS) is 13.0. The number of esters is 3. The maximum Gasteiger partial charge on any atom is 0.306 e. The zero-order valence-corrected chi connectivity index (χ0v) is 40.5. The van der Waals surface area contributed by atoms with Gasteiger partial charge in [0, 0.05) is 19.3 Å². The molecule has 0 saturated heterocycles. The minimum absolute atomic E-state index is 0.101. The lowest BCUT2D eigenvalue weighted by molar-refractivity contribution is -0.167. The number of carbonyl (C=O) groups is 3. The second kappa shape index (κ2) is 50.7. The number of ether oxygens (including phenoxy) is 3. The maximum atomic E-state index is 12.8. The van der Waals surface area contributed by atoms with Crippen LogP contribution in [0.15, 0.2) is 109 Å². The fourth-order valence-electron chi connectivity index (χ4n) is 6.53. The summed E-state index contributed by atoms with van der Waals surface area (Å²) in [6.45, 7) is 6.28. The Morgan fingerprint density at radius 2 is 0.698 bits per heavy atom. The zero-order chi connectivity index (χ0) is 45.8. The predicted molar refractivity (Wildman–Crippen MR) is 270 cm³/mol. The molecule has 0 aromatic rings. The summed E-state index contributed by atoms with van der Waals surface area (Å²) in [5.74, 6) is -0.962. The van der Waals surface area contributed by atoms with Gasteiger partial charge in [-0.05, 0) is 96.3 Å². The van der Waals surface area contributed by atoms with E-state index in [4.69, 9.17) is 14.2 Å². The minimum atomic E-state index is -0.802. The molecule has 356 valence electrons. The van der Waals surface area contributed by atoms with Crippen LogP contribution in [0, 0.1) is 0 Å². The third-order valence-electron chi connectivity index (χ3n) is 10.3. The maximum absolute atomic E-state index is 12.8. The molecular weight excluding hydrogens is 781 g/mol. The van der Waals surface area contributed by atoms with Gasteiger partial charge in [0.2, 0.25) is 0 Å². The number of hydrogen-bond acceptors (Lipinski definition) is 6. The first-order chi connectivity index (χ1) is 31.0. The van der Waals surface area contributed by atoms with Gasteiger partial charge in [0.1, 0.15) is 13.2 Å². The van der Waals surface area contributed by atoms with E-state index < -0.39 is 6.10 Å². The first-order valence-corrected chi connectivity index (χ1v) is 25.4. The van der Waals surface area contributed by atoms with Gasteiger partial charge in [-0.3, -0.25) is 14.4 Å². The molecule has 1 unspecified atom stereocenters. The summed E-state index contributed by atoms with van der Waals surface area (Å²) in [5.41, 5.74) is 0. The first-order valence-electron chi connectivity index (χ1n) is 25.4. The lowest BCUT2D eigenvalue weighted by Crippen LogP contribution is -2.30. The van der Waals surface area contributed by atoms with Crippen LogP contribution in [0.4, 0.5) is 0 Å². The van der Waals surface area contributed by atoms with Gasteiger partial charge < -0.3 is 14.2 Å². The van der Waals surface area contributed by atoms with Gasteiger partial charge in [0.25, 0.3) is 0 Å². The third kappa shape index (κ3) is 49.0. The van der Waals surface area contributed by atoms with Crippen molar-refractivity contribution in [3.05, 3.63) is 109 Å². The fourth-order valence-corrected chi connectivity index (χ4v) is 6.53. The summed E-state index contributed by atoms with van der Waals surface area (Å²) in [6, 6.07) is 0. The van der Waals surface area contributed by atoms with E-state index in [-0.39, 0.29) is 31.1 Å². The van der Waals surface area contributed by atoms with Gasteiger partial charge in [0.05, 0.1) is 0 Å². The summed E-state index contributed by atoms with van der Waals surface area (Å²) in [6.07, 6.45) is 67.8. The van der Waals surface area contributed by atoms with Crippen molar-refractivity contribution in [3.8, 4) is 0 Å². The molecule has 0 N–H and O–H groups in total. The average molecular weight is 873 g/mol. The van der Waals surface area contributed by atoms with Crippen LogP contribution in [0.1, 0.15) is 213 Å². The molecule has 6 nitrogen and oxygen atoms in total. The Labute approximate surface area is 387 Å². The molecule has 0 heterocycles. The Morgan fingerprint density at radius 1 is 0.349 bits per heavy atom. The molecule has 0 amide bonds. The van der Waals surface area contributed by atoms with Gasteiger partial charge in [0.15, 0.2) is 6.10 Å². The van der Waals surface area contributed by atoms with Gasteiger partial charge in [-0.1, -0.05) is 207 Å². The van der Waals surface area contributed by atoms with Crippen molar-refractivity contribution in [2.75, 3.05) is 13.2 Å². The zero-order valence-electron chi connectivity index (χ0n) is 40.5. The largest absolute Gasteiger partial charge is 0.462 e. The van der Waals surface area contributed by atoms with Crippen LogP contribution in [0.2, 0.25) is 0 Å². The molecule has 0 aliphatic carbocycles. The van der Waals surface area contributed by atoms with E-state index in [1.54, 1.807) is 0 Å². The van der Waals surface area contributed by atoms with E-state index in [0.29, 0.717) is 19.3 Å². The van der Waals surface area contributed by atoms with Crippen LogP contribution in [-0.4, -0.2) is 37.2 Å². The van der Waals surface area contributed by atoms with E-state index in [2.05, 4.69) is 130 Å². The highest BCUT2D eigenvalue weighted by atomic mass is 16.6. The quantitative estimate of drug-likeness (QED) is 0.0199. The van der Waals surface area contributed by atoms with Crippen molar-refractivity contribution in [3.63, 3.8) is 0 Å². The molecule has 0 aliphatic rings. The molecule has 0 bridgehead atoms. The molecule has 0 saturated carbocycles.